The van der Waals surface area contributed by atoms with E-state index in [-0.39, 0.29) is 43.6 Å². The minimum absolute atomic E-state index is 0.176. The number of esters is 1. The summed E-state index contributed by atoms with van der Waals surface area (Å²) in [6.45, 7) is 3.71. The Morgan fingerprint density at radius 2 is 1.62 bits per heavy atom. The van der Waals surface area contributed by atoms with Crippen molar-refractivity contribution in [2.24, 2.45) is 0 Å². The molecule has 8 nitrogen and oxygen atoms in total. The van der Waals surface area contributed by atoms with Gasteiger partial charge in [-0.3, -0.25) is 4.79 Å². The third-order valence-corrected chi connectivity index (χ3v) is 7.38. The molecule has 0 bridgehead atoms. The molecule has 2 aromatic carbocycles. The zero-order valence-electron chi connectivity index (χ0n) is 17.9. The summed E-state index contributed by atoms with van der Waals surface area (Å²) in [6, 6.07) is 11.7. The van der Waals surface area contributed by atoms with Crippen molar-refractivity contribution >= 4 is 33.5 Å². The summed E-state index contributed by atoms with van der Waals surface area (Å²) in [4.78, 5) is 26.0. The Balaban J connectivity index is 1.45. The number of benzene rings is 2. The van der Waals surface area contributed by atoms with Crippen molar-refractivity contribution in [2.45, 2.75) is 18.7 Å². The van der Waals surface area contributed by atoms with E-state index in [0.29, 0.717) is 16.3 Å². The highest BCUT2D eigenvalue weighted by molar-refractivity contribution is 7.89. The van der Waals surface area contributed by atoms with Crippen molar-refractivity contribution < 1.29 is 27.5 Å². The van der Waals surface area contributed by atoms with Crippen LogP contribution in [-0.4, -0.2) is 68.9 Å². The largest absolute Gasteiger partial charge is 0.482 e. The minimum Gasteiger partial charge on any atom is -0.482 e. The van der Waals surface area contributed by atoms with Crippen molar-refractivity contribution in [1.29, 1.82) is 0 Å². The Kier molecular flexibility index (Phi) is 7.76. The van der Waals surface area contributed by atoms with E-state index in [1.165, 1.54) is 9.21 Å². The summed E-state index contributed by atoms with van der Waals surface area (Å²) in [7, 11) is -3.64. The van der Waals surface area contributed by atoms with E-state index in [2.05, 4.69) is 0 Å². The Morgan fingerprint density at radius 1 is 0.969 bits per heavy atom. The zero-order valence-corrected chi connectivity index (χ0v) is 19.5. The fraction of sp³-hybridized carbons (Fsp3) is 0.364. The van der Waals surface area contributed by atoms with Crippen LogP contribution >= 0.6 is 11.6 Å². The van der Waals surface area contributed by atoms with Gasteiger partial charge in [0.05, 0.1) is 4.90 Å². The van der Waals surface area contributed by atoms with Gasteiger partial charge in [-0.05, 0) is 49.7 Å². The molecule has 1 aliphatic rings. The van der Waals surface area contributed by atoms with Gasteiger partial charge in [-0.25, -0.2) is 13.2 Å². The molecule has 0 radical (unpaired) electrons. The Hall–Kier alpha value is -2.62. The van der Waals surface area contributed by atoms with Crippen molar-refractivity contribution in [1.82, 2.24) is 9.21 Å². The van der Waals surface area contributed by atoms with Crippen LogP contribution in [0.3, 0.4) is 0 Å². The monoisotopic (exact) mass is 480 g/mol. The molecular formula is C22H25ClN2O6S. The van der Waals surface area contributed by atoms with Gasteiger partial charge in [0.25, 0.3) is 5.91 Å². The quantitative estimate of drug-likeness (QED) is 0.565. The molecule has 0 unspecified atom stereocenters. The molecule has 0 aromatic heterocycles. The number of amides is 1. The molecule has 1 aliphatic heterocycles. The van der Waals surface area contributed by atoms with Crippen LogP contribution in [0.25, 0.3) is 0 Å². The van der Waals surface area contributed by atoms with Gasteiger partial charge in [0.2, 0.25) is 10.0 Å². The molecule has 0 spiro atoms. The summed E-state index contributed by atoms with van der Waals surface area (Å²) < 4.78 is 37.5. The molecule has 0 atom stereocenters. The van der Waals surface area contributed by atoms with E-state index < -0.39 is 22.6 Å². The van der Waals surface area contributed by atoms with E-state index in [9.17, 15) is 18.0 Å². The van der Waals surface area contributed by atoms with Crippen LogP contribution < -0.4 is 4.74 Å². The summed E-state index contributed by atoms with van der Waals surface area (Å²) in [6.07, 6.45) is 0. The summed E-state index contributed by atoms with van der Waals surface area (Å²) >= 11 is 5.78. The Morgan fingerprint density at radius 3 is 2.25 bits per heavy atom. The minimum atomic E-state index is -3.64. The number of halogens is 1. The van der Waals surface area contributed by atoms with Gasteiger partial charge in [0.1, 0.15) is 5.75 Å². The van der Waals surface area contributed by atoms with Crippen LogP contribution in [0.1, 0.15) is 11.1 Å². The van der Waals surface area contributed by atoms with Gasteiger partial charge in [0, 0.05) is 31.2 Å². The molecule has 0 saturated carbocycles. The second-order valence-corrected chi connectivity index (χ2v) is 9.80. The van der Waals surface area contributed by atoms with E-state index >= 15 is 0 Å². The van der Waals surface area contributed by atoms with E-state index in [0.717, 1.165) is 5.56 Å². The standard InChI is InChI=1S/C22H25ClN2O6S/c1-16-3-8-20(17(2)13-16)32(28,29)25-11-9-24(10-12-25)21(26)14-31-22(27)15-30-19-6-4-18(23)5-7-19/h3-8,13H,9-12,14-15H2,1-2H3. The Bertz CT molecular complexity index is 1080. The maximum absolute atomic E-state index is 13.0. The molecule has 2 aromatic rings. The molecule has 3 rings (SSSR count). The third-order valence-electron chi connectivity index (χ3n) is 5.07. The SMILES string of the molecule is Cc1ccc(S(=O)(=O)N2CCN(C(=O)COC(=O)COc3ccc(Cl)cc3)CC2)c(C)c1. The highest BCUT2D eigenvalue weighted by atomic mass is 35.5. The fourth-order valence-electron chi connectivity index (χ4n) is 3.35. The van der Waals surface area contributed by atoms with Gasteiger partial charge >= 0.3 is 5.97 Å². The summed E-state index contributed by atoms with van der Waals surface area (Å²) in [5, 5.41) is 0.549. The van der Waals surface area contributed by atoms with Crippen LogP contribution in [-0.2, 0) is 24.3 Å². The molecule has 10 heteroatoms. The number of aryl methyl sites for hydroxylation is 2. The molecular weight excluding hydrogens is 456 g/mol. The van der Waals surface area contributed by atoms with Crippen molar-refractivity contribution in [3.05, 3.63) is 58.6 Å². The molecule has 0 aliphatic carbocycles. The maximum Gasteiger partial charge on any atom is 0.344 e. The molecule has 1 amide bonds. The Labute approximate surface area is 192 Å². The number of nitrogens with zero attached hydrogens (tertiary/aromatic N) is 2. The fourth-order valence-corrected chi connectivity index (χ4v) is 5.11. The number of piperazine rings is 1. The molecule has 1 fully saturated rings. The highest BCUT2D eigenvalue weighted by Gasteiger charge is 2.31. The van der Waals surface area contributed by atoms with Crippen LogP contribution in [0, 0.1) is 13.8 Å². The van der Waals surface area contributed by atoms with E-state index in [4.69, 9.17) is 21.1 Å². The molecule has 172 valence electrons. The van der Waals surface area contributed by atoms with Gasteiger partial charge in [0.15, 0.2) is 13.2 Å². The smallest absolute Gasteiger partial charge is 0.344 e. The third kappa shape index (κ3) is 5.99. The number of sulfonamides is 1. The highest BCUT2D eigenvalue weighted by Crippen LogP contribution is 2.22. The van der Waals surface area contributed by atoms with Crippen molar-refractivity contribution in [3.63, 3.8) is 0 Å². The lowest BCUT2D eigenvalue weighted by molar-refractivity contribution is -0.154. The lowest BCUT2D eigenvalue weighted by Crippen LogP contribution is -2.51. The predicted octanol–water partition coefficient (Wildman–Crippen LogP) is 2.41. The van der Waals surface area contributed by atoms with Gasteiger partial charge in [-0.1, -0.05) is 29.3 Å². The first-order valence-electron chi connectivity index (χ1n) is 10.1. The topological polar surface area (TPSA) is 93.2 Å². The average Bonchev–Trinajstić information content (AvgIpc) is 2.77. The summed E-state index contributed by atoms with van der Waals surface area (Å²) in [5.41, 5.74) is 1.68. The van der Waals surface area contributed by atoms with Gasteiger partial charge < -0.3 is 14.4 Å². The van der Waals surface area contributed by atoms with Crippen molar-refractivity contribution in [2.75, 3.05) is 39.4 Å². The second kappa shape index (κ2) is 10.3. The lowest BCUT2D eigenvalue weighted by atomic mass is 10.2. The normalized spacial score (nSPS) is 14.8. The number of ether oxygens (including phenoxy) is 2. The number of hydrogen-bond acceptors (Lipinski definition) is 6. The predicted molar refractivity (Wildman–Crippen MR) is 119 cm³/mol. The number of rotatable bonds is 7. The molecule has 1 saturated heterocycles. The first-order valence-corrected chi connectivity index (χ1v) is 11.9. The first-order chi connectivity index (χ1) is 15.2. The van der Waals surface area contributed by atoms with Crippen LogP contribution in [0.2, 0.25) is 5.02 Å². The van der Waals surface area contributed by atoms with Crippen LogP contribution in [0.4, 0.5) is 0 Å². The average molecular weight is 481 g/mol. The first kappa shape index (κ1) is 24.0. The second-order valence-electron chi connectivity index (χ2n) is 7.46. The van der Waals surface area contributed by atoms with Gasteiger partial charge in [-0.2, -0.15) is 4.31 Å². The van der Waals surface area contributed by atoms with E-state index in [1.54, 1.807) is 43.3 Å². The number of carbonyl (C=O) groups is 2. The molecule has 1 heterocycles. The van der Waals surface area contributed by atoms with Crippen molar-refractivity contribution in [3.8, 4) is 5.75 Å². The van der Waals surface area contributed by atoms with Crippen LogP contribution in [0.5, 0.6) is 5.75 Å². The lowest BCUT2D eigenvalue weighted by Gasteiger charge is -2.34. The molecule has 32 heavy (non-hydrogen) atoms. The molecule has 0 N–H and O–H groups in total. The zero-order chi connectivity index (χ0) is 23.3. The summed E-state index contributed by atoms with van der Waals surface area (Å²) in [5.74, 6) is -0.600. The number of carbonyl (C=O) groups excluding carboxylic acids is 2. The number of hydrogen-bond donors (Lipinski definition) is 0. The van der Waals surface area contributed by atoms with Crippen LogP contribution in [0.15, 0.2) is 47.4 Å². The maximum atomic E-state index is 13.0. The van der Waals surface area contributed by atoms with Gasteiger partial charge in [-0.15, -0.1) is 0 Å². The van der Waals surface area contributed by atoms with E-state index in [1.807, 2.05) is 13.0 Å².